The number of likely N-dealkylation sites (tertiary alicyclic amines) is 1. The van der Waals surface area contributed by atoms with Gasteiger partial charge in [0.1, 0.15) is 23.4 Å². The molecular weight excluding hydrogens is 763 g/mol. The van der Waals surface area contributed by atoms with Crippen LogP contribution in [0.5, 0.6) is 0 Å². The topological polar surface area (TPSA) is 223 Å². The first-order valence-corrected chi connectivity index (χ1v) is 19.5. The van der Waals surface area contributed by atoms with Gasteiger partial charge in [-0.1, -0.05) is 51.1 Å². The van der Waals surface area contributed by atoms with Crippen LogP contribution in [0, 0.1) is 17.0 Å². The van der Waals surface area contributed by atoms with Gasteiger partial charge >= 0.3 is 5.97 Å². The van der Waals surface area contributed by atoms with E-state index >= 15 is 0 Å². The lowest BCUT2D eigenvalue weighted by molar-refractivity contribution is -0.139. The fourth-order valence-corrected chi connectivity index (χ4v) is 7.54. The third kappa shape index (κ3) is 12.1. The number of hydrogen-bond donors (Lipinski definition) is 5. The molecule has 2 aromatic carbocycles. The van der Waals surface area contributed by atoms with Crippen LogP contribution in [0.15, 0.2) is 54.7 Å². The summed E-state index contributed by atoms with van der Waals surface area (Å²) in [6.45, 7) is 7.09. The predicted octanol–water partition coefficient (Wildman–Crippen LogP) is 2.29. The zero-order chi connectivity index (χ0) is 42.0. The van der Waals surface area contributed by atoms with Crippen LogP contribution in [0.1, 0.15) is 69.8 Å². The standard InChI is InChI=1S/C39H50F2N8O7S/c1-23(50)47(35(39(2,3)4)34-25(18-24-8-6-5-7-9-24)21-49(46-34)30-19-26(40)10-11-27(30)41)16-13-28(42)36(53)45-14-12-32(51)44-15-17-48-33(52)20-31(37(48)54)57-22-29(43)38(55)56/h5-11,19,21,28-29,31,35H,12-18,20,22,42-43H2,1-4H3,(H,44,51)(H,45,53)(H,55,56). The number of thioether (sulfide) groups is 1. The van der Waals surface area contributed by atoms with E-state index < -0.39 is 70.0 Å². The maximum atomic E-state index is 15.0. The van der Waals surface area contributed by atoms with Crippen molar-refractivity contribution in [1.29, 1.82) is 0 Å². The Morgan fingerprint density at radius 1 is 1.04 bits per heavy atom. The molecule has 0 spiro atoms. The van der Waals surface area contributed by atoms with Crippen molar-refractivity contribution >= 4 is 47.3 Å². The zero-order valence-corrected chi connectivity index (χ0v) is 33.2. The molecule has 1 aromatic heterocycles. The Morgan fingerprint density at radius 3 is 2.39 bits per heavy atom. The third-order valence-electron chi connectivity index (χ3n) is 9.33. The molecule has 15 nitrogen and oxygen atoms in total. The molecule has 0 aliphatic carbocycles. The SMILES string of the molecule is CC(=O)N(CCC(N)C(=O)NCCC(=O)NCCN1C(=O)CC(SCC(N)C(=O)O)C1=O)C(c1nn(-c2cc(F)ccc2F)cc1Cc1ccccc1)C(C)(C)C. The van der Waals surface area contributed by atoms with Crippen molar-refractivity contribution in [3.63, 3.8) is 0 Å². The van der Waals surface area contributed by atoms with Gasteiger partial charge in [-0.2, -0.15) is 5.10 Å². The highest BCUT2D eigenvalue weighted by Gasteiger charge is 2.40. The quantitative estimate of drug-likeness (QED) is 0.111. The highest BCUT2D eigenvalue weighted by molar-refractivity contribution is 8.00. The number of hydrogen-bond acceptors (Lipinski definition) is 10. The van der Waals surface area contributed by atoms with Crippen molar-refractivity contribution in [3.05, 3.63) is 83.2 Å². The Labute approximate surface area is 333 Å². The maximum absolute atomic E-state index is 15.0. The number of imide groups is 1. The molecule has 4 rings (SSSR count). The summed E-state index contributed by atoms with van der Waals surface area (Å²) in [5.41, 5.74) is 13.1. The van der Waals surface area contributed by atoms with Gasteiger partial charge in [0.25, 0.3) is 0 Å². The molecule has 57 heavy (non-hydrogen) atoms. The van der Waals surface area contributed by atoms with Crippen LogP contribution in [-0.2, 0) is 35.2 Å². The number of amides is 5. The Kier molecular flexibility index (Phi) is 15.5. The minimum absolute atomic E-state index is 0.0197. The normalized spacial score (nSPS) is 15.9. The largest absolute Gasteiger partial charge is 0.480 e. The predicted molar refractivity (Wildman–Crippen MR) is 209 cm³/mol. The number of carboxylic acid groups (broad SMARTS) is 1. The molecule has 1 fully saturated rings. The Balaban J connectivity index is 1.35. The number of rotatable bonds is 19. The molecule has 18 heteroatoms. The van der Waals surface area contributed by atoms with Gasteiger partial charge in [0.15, 0.2) is 0 Å². The number of carbonyl (C=O) groups excluding carboxylic acids is 5. The second kappa shape index (κ2) is 19.8. The average Bonchev–Trinajstić information content (AvgIpc) is 3.67. The van der Waals surface area contributed by atoms with E-state index in [4.69, 9.17) is 21.7 Å². The number of nitrogens with two attached hydrogens (primary N) is 2. The number of carboxylic acids is 1. The summed E-state index contributed by atoms with van der Waals surface area (Å²) >= 11 is 1.00. The third-order valence-corrected chi connectivity index (χ3v) is 10.7. The second-order valence-electron chi connectivity index (χ2n) is 14.9. The Hall–Kier alpha value is -5.20. The number of carbonyl (C=O) groups is 6. The molecule has 2 heterocycles. The van der Waals surface area contributed by atoms with Gasteiger partial charge in [0.05, 0.1) is 23.0 Å². The zero-order valence-electron chi connectivity index (χ0n) is 32.4. The molecule has 5 amide bonds. The van der Waals surface area contributed by atoms with E-state index in [1.165, 1.54) is 11.6 Å². The molecule has 4 atom stereocenters. The summed E-state index contributed by atoms with van der Waals surface area (Å²) in [5, 5.41) is 18.2. The summed E-state index contributed by atoms with van der Waals surface area (Å²) in [5.74, 6) is -4.77. The van der Waals surface area contributed by atoms with Gasteiger partial charge in [-0.15, -0.1) is 11.8 Å². The van der Waals surface area contributed by atoms with Gasteiger partial charge in [0.2, 0.25) is 29.5 Å². The van der Waals surface area contributed by atoms with Crippen molar-refractivity contribution in [1.82, 2.24) is 30.2 Å². The summed E-state index contributed by atoms with van der Waals surface area (Å²) in [4.78, 5) is 77.2. The molecule has 0 saturated carbocycles. The molecule has 1 aliphatic rings. The first-order valence-electron chi connectivity index (χ1n) is 18.5. The summed E-state index contributed by atoms with van der Waals surface area (Å²) in [6, 6.07) is 9.72. The summed E-state index contributed by atoms with van der Waals surface area (Å²) < 4.78 is 30.5. The minimum atomic E-state index is -1.21. The van der Waals surface area contributed by atoms with Crippen molar-refractivity contribution in [2.45, 2.75) is 76.8 Å². The van der Waals surface area contributed by atoms with E-state index in [0.29, 0.717) is 17.7 Å². The van der Waals surface area contributed by atoms with E-state index in [1.54, 1.807) is 11.1 Å². The molecule has 1 aliphatic heterocycles. The van der Waals surface area contributed by atoms with Crippen LogP contribution in [0.25, 0.3) is 5.69 Å². The van der Waals surface area contributed by atoms with Crippen LogP contribution in [-0.4, -0.2) is 109 Å². The summed E-state index contributed by atoms with van der Waals surface area (Å²) in [6.07, 6.45) is 1.87. The Morgan fingerprint density at radius 2 is 1.74 bits per heavy atom. The summed E-state index contributed by atoms with van der Waals surface area (Å²) in [7, 11) is 0. The first-order chi connectivity index (χ1) is 26.9. The monoisotopic (exact) mass is 812 g/mol. The van der Waals surface area contributed by atoms with Crippen LogP contribution >= 0.6 is 11.8 Å². The van der Waals surface area contributed by atoms with Crippen molar-refractivity contribution in [2.75, 3.05) is 31.9 Å². The second-order valence-corrected chi connectivity index (χ2v) is 16.1. The number of aliphatic carboxylic acids is 1. The number of halogens is 2. The van der Waals surface area contributed by atoms with E-state index in [0.717, 1.165) is 40.4 Å². The van der Waals surface area contributed by atoms with E-state index in [-0.39, 0.29) is 62.8 Å². The smallest absolute Gasteiger partial charge is 0.321 e. The number of aromatic nitrogens is 2. The maximum Gasteiger partial charge on any atom is 0.321 e. The molecule has 4 unspecified atom stereocenters. The van der Waals surface area contributed by atoms with Crippen LogP contribution in [0.2, 0.25) is 0 Å². The minimum Gasteiger partial charge on any atom is -0.480 e. The molecule has 1 saturated heterocycles. The van der Waals surface area contributed by atoms with E-state index in [9.17, 15) is 37.5 Å². The van der Waals surface area contributed by atoms with Crippen molar-refractivity contribution in [2.24, 2.45) is 16.9 Å². The van der Waals surface area contributed by atoms with Gasteiger partial charge in [-0.25, -0.2) is 13.5 Å². The van der Waals surface area contributed by atoms with Crippen LogP contribution < -0.4 is 22.1 Å². The molecule has 3 aromatic rings. The van der Waals surface area contributed by atoms with Crippen molar-refractivity contribution < 1.29 is 42.7 Å². The number of nitrogens with zero attached hydrogens (tertiary/aromatic N) is 4. The fraction of sp³-hybridized carbons (Fsp3) is 0.462. The van der Waals surface area contributed by atoms with Gasteiger partial charge in [-0.05, 0) is 29.5 Å². The van der Waals surface area contributed by atoms with Crippen molar-refractivity contribution in [3.8, 4) is 5.69 Å². The van der Waals surface area contributed by atoms with Gasteiger partial charge in [-0.3, -0.25) is 33.7 Å². The Bertz CT molecular complexity index is 1940. The molecular formula is C39H50F2N8O7S. The van der Waals surface area contributed by atoms with Crippen LogP contribution in [0.4, 0.5) is 8.78 Å². The van der Waals surface area contributed by atoms with E-state index in [1.807, 2.05) is 51.1 Å². The lowest BCUT2D eigenvalue weighted by Crippen LogP contribution is -2.46. The molecule has 0 bridgehead atoms. The molecule has 0 radical (unpaired) electrons. The molecule has 7 N–H and O–H groups in total. The number of benzene rings is 2. The van der Waals surface area contributed by atoms with E-state index in [2.05, 4.69) is 10.6 Å². The van der Waals surface area contributed by atoms with Gasteiger partial charge < -0.3 is 32.1 Å². The van der Waals surface area contributed by atoms with Crippen LogP contribution in [0.3, 0.4) is 0 Å². The lowest BCUT2D eigenvalue weighted by Gasteiger charge is -2.40. The average molecular weight is 813 g/mol. The highest BCUT2D eigenvalue weighted by atomic mass is 32.2. The fourth-order valence-electron chi connectivity index (χ4n) is 6.43. The van der Waals surface area contributed by atoms with Gasteiger partial charge in [0, 0.05) is 75.9 Å². The number of nitrogens with one attached hydrogen (secondary N) is 2. The molecule has 308 valence electrons. The highest BCUT2D eigenvalue weighted by Crippen LogP contribution is 2.40. The lowest BCUT2D eigenvalue weighted by atomic mass is 9.81. The first kappa shape index (κ1) is 44.5.